The molecule has 1 saturated heterocycles. The summed E-state index contributed by atoms with van der Waals surface area (Å²) in [5.41, 5.74) is 11.7. The highest BCUT2D eigenvalue weighted by Crippen LogP contribution is 2.19. The van der Waals surface area contributed by atoms with Crippen LogP contribution in [0.25, 0.3) is 0 Å². The topological polar surface area (TPSA) is 102 Å². The molecule has 0 radical (unpaired) electrons. The number of amides is 2. The van der Waals surface area contributed by atoms with Crippen molar-refractivity contribution in [1.82, 2.24) is 9.88 Å². The van der Waals surface area contributed by atoms with Crippen LogP contribution in [0.1, 0.15) is 35.3 Å². The molecule has 1 aromatic rings. The first kappa shape index (κ1) is 14.4. The van der Waals surface area contributed by atoms with Crippen molar-refractivity contribution in [1.29, 1.82) is 0 Å². The van der Waals surface area contributed by atoms with Crippen molar-refractivity contribution in [2.45, 2.75) is 25.3 Å². The highest BCUT2D eigenvalue weighted by atomic mass is 32.1. The van der Waals surface area contributed by atoms with Crippen LogP contribution in [0.15, 0.2) is 18.3 Å². The van der Waals surface area contributed by atoms with Gasteiger partial charge in [0.2, 0.25) is 5.91 Å². The molecule has 106 valence electrons. The zero-order chi connectivity index (χ0) is 14.7. The van der Waals surface area contributed by atoms with E-state index < -0.39 is 11.9 Å². The number of nitrogens with zero attached hydrogens (tertiary/aromatic N) is 2. The molecule has 20 heavy (non-hydrogen) atoms. The molecule has 0 aromatic carbocycles. The average Bonchev–Trinajstić information content (AvgIpc) is 2.46. The van der Waals surface area contributed by atoms with Crippen LogP contribution in [0, 0.1) is 0 Å². The number of primary amides is 1. The summed E-state index contributed by atoms with van der Waals surface area (Å²) in [6.45, 7) is 0.519. The van der Waals surface area contributed by atoms with Gasteiger partial charge in [-0.3, -0.25) is 14.6 Å². The predicted molar refractivity (Wildman–Crippen MR) is 78.0 cm³/mol. The minimum Gasteiger partial charge on any atom is -0.389 e. The second kappa shape index (κ2) is 5.96. The summed E-state index contributed by atoms with van der Waals surface area (Å²) < 4.78 is 0. The van der Waals surface area contributed by atoms with Crippen molar-refractivity contribution < 1.29 is 9.59 Å². The number of aromatic nitrogens is 1. The number of rotatable bonds is 3. The van der Waals surface area contributed by atoms with E-state index in [2.05, 4.69) is 4.98 Å². The number of carbonyl (C=O) groups excluding carboxylic acids is 2. The van der Waals surface area contributed by atoms with Crippen LogP contribution in [0.2, 0.25) is 0 Å². The van der Waals surface area contributed by atoms with Crippen molar-refractivity contribution in [2.75, 3.05) is 6.54 Å². The summed E-state index contributed by atoms with van der Waals surface area (Å²) in [5.74, 6) is -0.763. The fourth-order valence-electron chi connectivity index (χ4n) is 2.28. The SMILES string of the molecule is NC(=O)C1CCCCN1C(=O)c1ccc(C(N)=S)cn1. The molecule has 0 bridgehead atoms. The zero-order valence-corrected chi connectivity index (χ0v) is 11.7. The Labute approximate surface area is 122 Å². The van der Waals surface area contributed by atoms with Crippen molar-refractivity contribution in [3.05, 3.63) is 29.6 Å². The maximum atomic E-state index is 12.4. The molecule has 1 atom stereocenters. The van der Waals surface area contributed by atoms with E-state index in [1.165, 1.54) is 11.1 Å². The number of likely N-dealkylation sites (tertiary alicyclic amines) is 1. The Morgan fingerprint density at radius 2 is 2.05 bits per heavy atom. The Balaban J connectivity index is 2.20. The van der Waals surface area contributed by atoms with Gasteiger partial charge in [-0.05, 0) is 31.4 Å². The smallest absolute Gasteiger partial charge is 0.273 e. The van der Waals surface area contributed by atoms with Crippen molar-refractivity contribution in [3.8, 4) is 0 Å². The lowest BCUT2D eigenvalue weighted by molar-refractivity contribution is -0.123. The van der Waals surface area contributed by atoms with Crippen LogP contribution in [-0.2, 0) is 4.79 Å². The third-order valence-electron chi connectivity index (χ3n) is 3.36. The third-order valence-corrected chi connectivity index (χ3v) is 3.59. The van der Waals surface area contributed by atoms with E-state index >= 15 is 0 Å². The largest absolute Gasteiger partial charge is 0.389 e. The maximum absolute atomic E-state index is 12.4. The monoisotopic (exact) mass is 292 g/mol. The number of hydrogen-bond donors (Lipinski definition) is 2. The molecule has 7 heteroatoms. The first-order valence-electron chi connectivity index (χ1n) is 6.37. The summed E-state index contributed by atoms with van der Waals surface area (Å²) in [5, 5.41) is 0. The molecular weight excluding hydrogens is 276 g/mol. The van der Waals surface area contributed by atoms with Gasteiger partial charge in [0.15, 0.2) is 0 Å². The minimum atomic E-state index is -0.548. The summed E-state index contributed by atoms with van der Waals surface area (Å²) in [4.78, 5) is 29.6. The molecule has 2 rings (SSSR count). The Kier molecular flexibility index (Phi) is 4.29. The minimum absolute atomic E-state index is 0.226. The molecule has 1 aliphatic rings. The summed E-state index contributed by atoms with van der Waals surface area (Å²) >= 11 is 4.83. The molecule has 6 nitrogen and oxygen atoms in total. The Bertz CT molecular complexity index is 544. The highest BCUT2D eigenvalue weighted by molar-refractivity contribution is 7.80. The van der Waals surface area contributed by atoms with Crippen LogP contribution in [-0.4, -0.2) is 39.3 Å². The lowest BCUT2D eigenvalue weighted by Crippen LogP contribution is -2.50. The Morgan fingerprint density at radius 3 is 2.60 bits per heavy atom. The third kappa shape index (κ3) is 2.93. The van der Waals surface area contributed by atoms with Crippen LogP contribution in [0.5, 0.6) is 0 Å². The molecule has 2 heterocycles. The van der Waals surface area contributed by atoms with Crippen LogP contribution < -0.4 is 11.5 Å². The maximum Gasteiger partial charge on any atom is 0.273 e. The van der Waals surface area contributed by atoms with Gasteiger partial charge in [-0.15, -0.1) is 0 Å². The summed E-state index contributed by atoms with van der Waals surface area (Å²) in [6, 6.07) is 2.66. The molecule has 4 N–H and O–H groups in total. The van der Waals surface area contributed by atoms with Gasteiger partial charge in [-0.25, -0.2) is 0 Å². The number of hydrogen-bond acceptors (Lipinski definition) is 4. The van der Waals surface area contributed by atoms with Gasteiger partial charge < -0.3 is 16.4 Å². The predicted octanol–water partition coefficient (Wildman–Crippen LogP) is 0.196. The van der Waals surface area contributed by atoms with Crippen LogP contribution >= 0.6 is 12.2 Å². The molecule has 0 spiro atoms. The molecule has 1 unspecified atom stereocenters. The number of nitrogens with two attached hydrogens (primary N) is 2. The molecule has 2 amide bonds. The molecule has 0 aliphatic carbocycles. The van der Waals surface area contributed by atoms with Crippen molar-refractivity contribution in [2.24, 2.45) is 11.5 Å². The Hall–Kier alpha value is -2.02. The highest BCUT2D eigenvalue weighted by Gasteiger charge is 2.31. The van der Waals surface area contributed by atoms with E-state index in [4.69, 9.17) is 23.7 Å². The average molecular weight is 292 g/mol. The van der Waals surface area contributed by atoms with Crippen molar-refractivity contribution >= 4 is 29.0 Å². The Morgan fingerprint density at radius 1 is 1.30 bits per heavy atom. The molecular formula is C13H16N4O2S. The first-order chi connectivity index (χ1) is 9.50. The van der Waals surface area contributed by atoms with E-state index in [9.17, 15) is 9.59 Å². The first-order valence-corrected chi connectivity index (χ1v) is 6.77. The number of pyridine rings is 1. The van der Waals surface area contributed by atoms with Crippen LogP contribution in [0.3, 0.4) is 0 Å². The van der Waals surface area contributed by atoms with E-state index in [0.717, 1.165) is 12.8 Å². The van der Waals surface area contributed by atoms with Gasteiger partial charge in [0, 0.05) is 18.3 Å². The zero-order valence-electron chi connectivity index (χ0n) is 10.9. The van der Waals surface area contributed by atoms with Gasteiger partial charge in [-0.1, -0.05) is 12.2 Å². The number of piperidine rings is 1. The lowest BCUT2D eigenvalue weighted by atomic mass is 10.0. The van der Waals surface area contributed by atoms with E-state index in [-0.39, 0.29) is 16.6 Å². The number of thiocarbonyl (C=S) groups is 1. The van der Waals surface area contributed by atoms with Gasteiger partial charge >= 0.3 is 0 Å². The standard InChI is InChI=1S/C13H16N4O2S/c14-11(18)10-3-1-2-6-17(10)13(19)9-5-4-8(7-16-9)12(15)20/h4-5,7,10H,1-3,6H2,(H2,14,18)(H2,15,20). The van der Waals surface area contributed by atoms with Crippen LogP contribution in [0.4, 0.5) is 0 Å². The number of carbonyl (C=O) groups is 2. The normalized spacial score (nSPS) is 18.6. The lowest BCUT2D eigenvalue weighted by Gasteiger charge is -2.33. The van der Waals surface area contributed by atoms with E-state index in [0.29, 0.717) is 18.5 Å². The molecule has 1 aliphatic heterocycles. The molecule has 1 aromatic heterocycles. The quantitative estimate of drug-likeness (QED) is 0.775. The van der Waals surface area contributed by atoms with Gasteiger partial charge in [-0.2, -0.15) is 0 Å². The fraction of sp³-hybridized carbons (Fsp3) is 0.385. The van der Waals surface area contributed by atoms with Gasteiger partial charge in [0.1, 0.15) is 16.7 Å². The second-order valence-electron chi connectivity index (χ2n) is 4.71. The molecule has 1 fully saturated rings. The fourth-order valence-corrected chi connectivity index (χ4v) is 2.40. The summed E-state index contributed by atoms with van der Waals surface area (Å²) in [7, 11) is 0. The van der Waals surface area contributed by atoms with Gasteiger partial charge in [0.05, 0.1) is 0 Å². The summed E-state index contributed by atoms with van der Waals surface area (Å²) in [6.07, 6.45) is 3.82. The molecule has 0 saturated carbocycles. The second-order valence-corrected chi connectivity index (χ2v) is 5.15. The van der Waals surface area contributed by atoms with E-state index in [1.807, 2.05) is 0 Å². The van der Waals surface area contributed by atoms with Crippen molar-refractivity contribution in [3.63, 3.8) is 0 Å². The van der Waals surface area contributed by atoms with Gasteiger partial charge in [0.25, 0.3) is 5.91 Å². The van der Waals surface area contributed by atoms with E-state index in [1.54, 1.807) is 12.1 Å².